The number of hydrogen-bond donors (Lipinski definition) is 1. The van der Waals surface area contributed by atoms with Gasteiger partial charge in [-0.15, -0.1) is 0 Å². The molecular formula is C10H17NSi. The van der Waals surface area contributed by atoms with Gasteiger partial charge in [-0.3, -0.25) is 0 Å². The summed E-state index contributed by atoms with van der Waals surface area (Å²) in [6.07, 6.45) is 9.48. The van der Waals surface area contributed by atoms with Crippen molar-refractivity contribution in [3.8, 4) is 0 Å². The van der Waals surface area contributed by atoms with E-state index in [4.69, 9.17) is 5.73 Å². The van der Waals surface area contributed by atoms with Crippen LogP contribution in [0.3, 0.4) is 0 Å². The molecule has 0 aliphatic heterocycles. The molecule has 0 aromatic heterocycles. The topological polar surface area (TPSA) is 26.0 Å². The minimum absolute atomic E-state index is 0.961. The zero-order chi connectivity index (χ0) is 9.19. The summed E-state index contributed by atoms with van der Waals surface area (Å²) in [6.45, 7) is 6.97. The highest BCUT2D eigenvalue weighted by Crippen LogP contribution is 2.21. The highest BCUT2D eigenvalue weighted by atomic mass is 28.3. The van der Waals surface area contributed by atoms with Crippen molar-refractivity contribution in [1.29, 1.82) is 0 Å². The zero-order valence-electron chi connectivity index (χ0n) is 8.09. The van der Waals surface area contributed by atoms with Crippen molar-refractivity contribution in [1.82, 2.24) is 0 Å². The molecule has 0 unspecified atom stereocenters. The van der Waals surface area contributed by atoms with Crippen molar-refractivity contribution < 1.29 is 0 Å². The van der Waals surface area contributed by atoms with Gasteiger partial charge in [0.1, 0.15) is 0 Å². The third kappa shape index (κ3) is 2.11. The first-order chi connectivity index (χ1) is 5.52. The third-order valence-corrected chi connectivity index (χ3v) is 4.10. The van der Waals surface area contributed by atoms with Crippen LogP contribution in [0.5, 0.6) is 0 Å². The molecule has 66 valence electrons. The Kier molecular flexibility index (Phi) is 2.57. The molecule has 1 rings (SSSR count). The van der Waals surface area contributed by atoms with Crippen LogP contribution in [0.2, 0.25) is 19.6 Å². The largest absolute Gasteiger partial charge is 0.399 e. The normalized spacial score (nSPS) is 18.2. The smallest absolute Gasteiger partial charge is 0.0798 e. The second-order valence-corrected chi connectivity index (χ2v) is 9.19. The molecule has 0 aromatic rings. The Morgan fingerprint density at radius 2 is 2.00 bits per heavy atom. The van der Waals surface area contributed by atoms with Crippen LogP contribution in [0, 0.1) is 0 Å². The van der Waals surface area contributed by atoms with Gasteiger partial charge < -0.3 is 5.73 Å². The predicted molar refractivity (Wildman–Crippen MR) is 57.5 cm³/mol. The first-order valence-electron chi connectivity index (χ1n) is 4.35. The summed E-state index contributed by atoms with van der Waals surface area (Å²) in [6, 6.07) is 0. The van der Waals surface area contributed by atoms with Crippen LogP contribution in [0.15, 0.2) is 35.2 Å². The molecule has 12 heavy (non-hydrogen) atoms. The molecule has 1 aliphatic carbocycles. The van der Waals surface area contributed by atoms with Crippen molar-refractivity contribution in [2.75, 3.05) is 0 Å². The molecule has 0 saturated heterocycles. The molecule has 0 radical (unpaired) electrons. The van der Waals surface area contributed by atoms with Crippen LogP contribution < -0.4 is 5.73 Å². The average Bonchev–Trinajstić information content (AvgIpc) is 2.11. The molecule has 2 N–H and O–H groups in total. The molecule has 0 heterocycles. The van der Waals surface area contributed by atoms with Crippen LogP contribution in [0.1, 0.15) is 6.42 Å². The van der Waals surface area contributed by atoms with Crippen LogP contribution in [-0.2, 0) is 0 Å². The van der Waals surface area contributed by atoms with E-state index in [2.05, 4.69) is 31.8 Å². The van der Waals surface area contributed by atoms with Crippen molar-refractivity contribution >= 4 is 8.07 Å². The Labute approximate surface area is 75.7 Å². The highest BCUT2D eigenvalue weighted by molar-refractivity contribution is 6.84. The molecule has 0 saturated carbocycles. The van der Waals surface area contributed by atoms with Crippen LogP contribution >= 0.6 is 0 Å². The van der Waals surface area contributed by atoms with Crippen LogP contribution in [0.4, 0.5) is 0 Å². The molecule has 0 amide bonds. The SMILES string of the molecule is C[Si](C)(C)C1=CCC=CC=C1N. The van der Waals surface area contributed by atoms with E-state index in [1.165, 1.54) is 5.20 Å². The minimum Gasteiger partial charge on any atom is -0.399 e. The number of allylic oxidation sites excluding steroid dienone is 5. The van der Waals surface area contributed by atoms with Gasteiger partial charge in [0.25, 0.3) is 0 Å². The lowest BCUT2D eigenvalue weighted by Crippen LogP contribution is -2.27. The fraction of sp³-hybridized carbons (Fsp3) is 0.400. The monoisotopic (exact) mass is 179 g/mol. The predicted octanol–water partition coefficient (Wildman–Crippen LogP) is 2.59. The van der Waals surface area contributed by atoms with Gasteiger partial charge in [-0.05, 0) is 17.7 Å². The zero-order valence-corrected chi connectivity index (χ0v) is 9.09. The van der Waals surface area contributed by atoms with E-state index < -0.39 is 8.07 Å². The second kappa shape index (κ2) is 3.31. The summed E-state index contributed by atoms with van der Waals surface area (Å²) in [5.74, 6) is 0. The number of nitrogens with two attached hydrogens (primary N) is 1. The van der Waals surface area contributed by atoms with E-state index >= 15 is 0 Å². The molecule has 2 heteroatoms. The average molecular weight is 179 g/mol. The van der Waals surface area contributed by atoms with E-state index in [1.807, 2.05) is 12.2 Å². The Morgan fingerprint density at radius 3 is 2.58 bits per heavy atom. The lowest BCUT2D eigenvalue weighted by Gasteiger charge is -2.20. The van der Waals surface area contributed by atoms with Gasteiger partial charge in [-0.2, -0.15) is 0 Å². The summed E-state index contributed by atoms with van der Waals surface area (Å²) in [7, 11) is -1.22. The van der Waals surface area contributed by atoms with Crippen molar-refractivity contribution in [3.05, 3.63) is 35.2 Å². The highest BCUT2D eigenvalue weighted by Gasteiger charge is 2.20. The van der Waals surface area contributed by atoms with Gasteiger partial charge in [-0.25, -0.2) is 0 Å². The van der Waals surface area contributed by atoms with E-state index in [-0.39, 0.29) is 0 Å². The Morgan fingerprint density at radius 1 is 1.33 bits per heavy atom. The summed E-state index contributed by atoms with van der Waals surface area (Å²) in [5.41, 5.74) is 6.90. The molecule has 1 aliphatic rings. The Balaban J connectivity index is 2.98. The molecule has 0 aromatic carbocycles. The summed E-state index contributed by atoms with van der Waals surface area (Å²) in [4.78, 5) is 0. The lowest BCUT2D eigenvalue weighted by atomic mass is 10.3. The molecule has 0 bridgehead atoms. The molecular weight excluding hydrogens is 162 g/mol. The van der Waals surface area contributed by atoms with Gasteiger partial charge in [0, 0.05) is 5.70 Å². The van der Waals surface area contributed by atoms with Gasteiger partial charge in [0.05, 0.1) is 8.07 Å². The quantitative estimate of drug-likeness (QED) is 0.615. The van der Waals surface area contributed by atoms with Crippen molar-refractivity contribution in [3.63, 3.8) is 0 Å². The summed E-state index contributed by atoms with van der Waals surface area (Å²) in [5, 5.41) is 1.40. The van der Waals surface area contributed by atoms with Crippen LogP contribution in [-0.4, -0.2) is 8.07 Å². The Hall–Kier alpha value is -0.763. The first-order valence-corrected chi connectivity index (χ1v) is 7.85. The maximum absolute atomic E-state index is 5.94. The minimum atomic E-state index is -1.22. The number of rotatable bonds is 1. The lowest BCUT2D eigenvalue weighted by molar-refractivity contribution is 1.33. The maximum atomic E-state index is 5.94. The van der Waals surface area contributed by atoms with Crippen molar-refractivity contribution in [2.24, 2.45) is 5.73 Å². The maximum Gasteiger partial charge on any atom is 0.0798 e. The van der Waals surface area contributed by atoms with Gasteiger partial charge in [-0.1, -0.05) is 37.9 Å². The fourth-order valence-electron chi connectivity index (χ4n) is 1.38. The van der Waals surface area contributed by atoms with E-state index in [0.29, 0.717) is 0 Å². The van der Waals surface area contributed by atoms with Gasteiger partial charge in [0.2, 0.25) is 0 Å². The third-order valence-electron chi connectivity index (χ3n) is 1.99. The van der Waals surface area contributed by atoms with Gasteiger partial charge in [0.15, 0.2) is 0 Å². The first kappa shape index (κ1) is 9.33. The molecule has 1 nitrogen and oxygen atoms in total. The van der Waals surface area contributed by atoms with E-state index in [0.717, 1.165) is 12.1 Å². The van der Waals surface area contributed by atoms with Crippen molar-refractivity contribution in [2.45, 2.75) is 26.1 Å². The summed E-state index contributed by atoms with van der Waals surface area (Å²) < 4.78 is 0. The van der Waals surface area contributed by atoms with E-state index in [9.17, 15) is 0 Å². The van der Waals surface area contributed by atoms with Crippen LogP contribution in [0.25, 0.3) is 0 Å². The summed E-state index contributed by atoms with van der Waals surface area (Å²) >= 11 is 0. The van der Waals surface area contributed by atoms with E-state index in [1.54, 1.807) is 0 Å². The molecule has 0 spiro atoms. The molecule has 0 atom stereocenters. The van der Waals surface area contributed by atoms with Gasteiger partial charge >= 0.3 is 0 Å². The standard InChI is InChI=1S/C10H17NSi/c1-12(2,3)10-8-6-4-5-7-9(10)11/h4-5,7-8H,6,11H2,1-3H3. The number of hydrogen-bond acceptors (Lipinski definition) is 1. The fourth-order valence-corrected chi connectivity index (χ4v) is 3.06. The molecule has 0 fully saturated rings. The Bertz CT molecular complexity index is 254. The second-order valence-electron chi connectivity index (χ2n) is 4.15.